The molecule has 0 heterocycles. The quantitative estimate of drug-likeness (QED) is 0.149. The molecule has 0 aliphatic carbocycles. The molecule has 1 rings (SSSR count). The molecule has 9 heteroatoms. The topological polar surface area (TPSA) is 110 Å². The zero-order chi connectivity index (χ0) is 17.0. The van der Waals surface area contributed by atoms with E-state index in [0.29, 0.717) is 12.3 Å². The van der Waals surface area contributed by atoms with Crippen molar-refractivity contribution >= 4 is 29.0 Å². The van der Waals surface area contributed by atoms with Crippen molar-refractivity contribution in [2.45, 2.75) is 13.8 Å². The van der Waals surface area contributed by atoms with E-state index in [1.165, 1.54) is 6.92 Å². The van der Waals surface area contributed by atoms with Crippen LogP contribution in [0.2, 0.25) is 5.02 Å². The van der Waals surface area contributed by atoms with Crippen molar-refractivity contribution in [3.8, 4) is 0 Å². The van der Waals surface area contributed by atoms with Crippen LogP contribution in [0, 0.1) is 22.9 Å². The summed E-state index contributed by atoms with van der Waals surface area (Å²) in [4.78, 5) is 33.0. The molecule has 0 spiro atoms. The summed E-state index contributed by atoms with van der Waals surface area (Å²) in [6.45, 7) is 2.72. The Bertz CT molecular complexity index is 686. The van der Waals surface area contributed by atoms with Crippen molar-refractivity contribution in [2.24, 2.45) is 0 Å². The molecule has 0 N–H and O–H groups in total. The highest BCUT2D eigenvalue weighted by atomic mass is 35.5. The smallest absolute Gasteiger partial charge is 0.294 e. The van der Waals surface area contributed by atoms with Crippen molar-refractivity contribution in [3.05, 3.63) is 50.0 Å². The summed E-state index contributed by atoms with van der Waals surface area (Å²) in [5.74, 6) is -4.19. The molecule has 118 valence electrons. The van der Waals surface area contributed by atoms with Crippen LogP contribution in [0.1, 0.15) is 22.8 Å². The number of ketones is 1. The van der Waals surface area contributed by atoms with Gasteiger partial charge in [-0.3, -0.25) is 14.9 Å². The lowest BCUT2D eigenvalue weighted by atomic mass is 10.0. The van der Waals surface area contributed by atoms with Crippen LogP contribution in [0.4, 0.5) is 10.1 Å². The number of carboxylic acids is 1. The maximum atomic E-state index is 13.7. The van der Waals surface area contributed by atoms with E-state index < -0.39 is 44.3 Å². The average molecular weight is 331 g/mol. The second kappa shape index (κ2) is 6.99. The van der Waals surface area contributed by atoms with Gasteiger partial charge in [0.2, 0.25) is 0 Å². The molecule has 0 saturated heterocycles. The molecule has 1 aromatic rings. The van der Waals surface area contributed by atoms with Gasteiger partial charge in [0, 0.05) is 0 Å². The summed E-state index contributed by atoms with van der Waals surface area (Å²) < 4.78 is 18.4. The largest absolute Gasteiger partial charge is 0.545 e. The number of carbonyl (C=O) groups excluding carboxylic acids is 2. The van der Waals surface area contributed by atoms with Gasteiger partial charge in [0.05, 0.1) is 40.5 Å². The highest BCUT2D eigenvalue weighted by molar-refractivity contribution is 6.38. The number of benzene rings is 1. The Morgan fingerprint density at radius 3 is 2.55 bits per heavy atom. The van der Waals surface area contributed by atoms with Crippen LogP contribution in [0.5, 0.6) is 0 Å². The van der Waals surface area contributed by atoms with Crippen LogP contribution in [-0.2, 0) is 9.53 Å². The minimum Gasteiger partial charge on any atom is -0.545 e. The van der Waals surface area contributed by atoms with E-state index in [-0.39, 0.29) is 12.2 Å². The van der Waals surface area contributed by atoms with E-state index in [1.807, 2.05) is 0 Å². The van der Waals surface area contributed by atoms with E-state index in [2.05, 4.69) is 0 Å². The number of hydrogen-bond acceptors (Lipinski definition) is 6. The lowest BCUT2D eigenvalue weighted by molar-refractivity contribution is -0.385. The average Bonchev–Trinajstić information content (AvgIpc) is 2.42. The summed E-state index contributed by atoms with van der Waals surface area (Å²) in [7, 11) is 0. The van der Waals surface area contributed by atoms with Crippen LogP contribution in [0.25, 0.3) is 0 Å². The van der Waals surface area contributed by atoms with Gasteiger partial charge in [-0.1, -0.05) is 11.6 Å². The first kappa shape index (κ1) is 17.6. The van der Waals surface area contributed by atoms with Gasteiger partial charge in [-0.25, -0.2) is 4.39 Å². The number of nitrogens with zero attached hydrogens (tertiary/aromatic N) is 1. The number of Topliss-reactive ketones (excluding diaryl/α,β-unsaturated/α-hetero) is 1. The Morgan fingerprint density at radius 1 is 1.50 bits per heavy atom. The Kier molecular flexibility index (Phi) is 5.58. The van der Waals surface area contributed by atoms with E-state index in [0.717, 1.165) is 6.92 Å². The lowest BCUT2D eigenvalue weighted by Crippen LogP contribution is -2.29. The molecular formula is C13H10ClFNO6-. The third-order valence-electron chi connectivity index (χ3n) is 2.69. The van der Waals surface area contributed by atoms with Crippen molar-refractivity contribution in [1.29, 1.82) is 0 Å². The highest BCUT2D eigenvalue weighted by Gasteiger charge is 2.28. The SMILES string of the molecule is CCO/C=C(\C(=O)[O-])C(=O)c1cc(F)c(C)c([N+](=O)[O-])c1Cl. The lowest BCUT2D eigenvalue weighted by Gasteiger charge is -2.11. The Morgan fingerprint density at radius 2 is 2.09 bits per heavy atom. The number of carboxylic acid groups (broad SMARTS) is 1. The van der Waals surface area contributed by atoms with Crippen LogP contribution in [-0.4, -0.2) is 23.3 Å². The van der Waals surface area contributed by atoms with Crippen LogP contribution in [0.3, 0.4) is 0 Å². The molecular weight excluding hydrogens is 321 g/mol. The molecule has 0 atom stereocenters. The highest BCUT2D eigenvalue weighted by Crippen LogP contribution is 2.34. The van der Waals surface area contributed by atoms with Gasteiger partial charge in [0.25, 0.3) is 5.69 Å². The maximum Gasteiger partial charge on any atom is 0.294 e. The molecule has 0 aromatic heterocycles. The predicted molar refractivity (Wildman–Crippen MR) is 71.8 cm³/mol. The zero-order valence-corrected chi connectivity index (χ0v) is 12.3. The van der Waals surface area contributed by atoms with E-state index in [1.54, 1.807) is 0 Å². The first-order chi connectivity index (χ1) is 10.2. The number of nitro benzene ring substituents is 1. The van der Waals surface area contributed by atoms with Gasteiger partial charge in [-0.15, -0.1) is 0 Å². The molecule has 0 fully saturated rings. The van der Waals surface area contributed by atoms with E-state index in [4.69, 9.17) is 16.3 Å². The maximum absolute atomic E-state index is 13.7. The van der Waals surface area contributed by atoms with Gasteiger partial charge in [-0.2, -0.15) is 0 Å². The summed E-state index contributed by atoms with van der Waals surface area (Å²) >= 11 is 5.75. The number of hydrogen-bond donors (Lipinski definition) is 0. The van der Waals surface area contributed by atoms with Gasteiger partial charge < -0.3 is 14.6 Å². The van der Waals surface area contributed by atoms with E-state index in [9.17, 15) is 29.2 Å². The summed E-state index contributed by atoms with van der Waals surface area (Å²) in [5, 5.41) is 21.2. The summed E-state index contributed by atoms with van der Waals surface area (Å²) in [6.07, 6.45) is 0.623. The molecule has 0 saturated carbocycles. The van der Waals surface area contributed by atoms with Crippen molar-refractivity contribution in [1.82, 2.24) is 0 Å². The fourth-order valence-electron chi connectivity index (χ4n) is 1.59. The normalized spacial score (nSPS) is 11.2. The van der Waals surface area contributed by atoms with Gasteiger partial charge in [0.1, 0.15) is 10.8 Å². The molecule has 22 heavy (non-hydrogen) atoms. The second-order valence-electron chi connectivity index (χ2n) is 4.05. The first-order valence-corrected chi connectivity index (χ1v) is 6.30. The minimum atomic E-state index is -1.88. The number of rotatable bonds is 6. The second-order valence-corrected chi connectivity index (χ2v) is 4.43. The van der Waals surface area contributed by atoms with Crippen LogP contribution < -0.4 is 5.11 Å². The Balaban J connectivity index is 3.53. The Labute approximate surface area is 129 Å². The summed E-state index contributed by atoms with van der Waals surface area (Å²) in [5.41, 5.74) is -2.76. The molecule has 0 amide bonds. The molecule has 0 bridgehead atoms. The molecule has 0 aliphatic rings. The van der Waals surface area contributed by atoms with Crippen LogP contribution in [0.15, 0.2) is 17.9 Å². The number of aliphatic carboxylic acids is 1. The monoisotopic (exact) mass is 330 g/mol. The van der Waals surface area contributed by atoms with Crippen molar-refractivity contribution in [2.75, 3.05) is 6.61 Å². The fourth-order valence-corrected chi connectivity index (χ4v) is 1.94. The van der Waals surface area contributed by atoms with Gasteiger partial charge in [-0.05, 0) is 19.9 Å². The van der Waals surface area contributed by atoms with Gasteiger partial charge in [0.15, 0.2) is 5.78 Å². The van der Waals surface area contributed by atoms with Crippen LogP contribution >= 0.6 is 11.6 Å². The number of ether oxygens (including phenoxy) is 1. The number of carbonyl (C=O) groups is 2. The number of nitro groups is 1. The Hall–Kier alpha value is -2.48. The predicted octanol–water partition coefficient (Wildman–Crippen LogP) is 1.55. The fraction of sp³-hybridized carbons (Fsp3) is 0.231. The molecule has 7 nitrogen and oxygen atoms in total. The van der Waals surface area contributed by atoms with E-state index >= 15 is 0 Å². The third-order valence-corrected chi connectivity index (χ3v) is 3.07. The standard InChI is InChI=1S/C13H11ClFNO6/c1-3-22-5-8(13(18)19)12(17)7-4-9(15)6(2)11(10(7)14)16(20)21/h4-5H,3H2,1-2H3,(H,18,19)/p-1/b8-5-. The van der Waals surface area contributed by atoms with Gasteiger partial charge >= 0.3 is 0 Å². The third kappa shape index (κ3) is 3.40. The zero-order valence-electron chi connectivity index (χ0n) is 11.5. The van der Waals surface area contributed by atoms with Crippen molar-refractivity contribution in [3.63, 3.8) is 0 Å². The number of halogens is 2. The van der Waals surface area contributed by atoms with Crippen molar-refractivity contribution < 1.29 is 28.7 Å². The molecule has 1 aromatic carbocycles. The first-order valence-electron chi connectivity index (χ1n) is 5.93. The minimum absolute atomic E-state index is 0.0696. The summed E-state index contributed by atoms with van der Waals surface area (Å²) in [6, 6.07) is 0.635. The molecule has 0 radical (unpaired) electrons. The molecule has 0 aliphatic heterocycles. The molecule has 0 unspecified atom stereocenters.